The Hall–Kier alpha value is -1.57. The predicted octanol–water partition coefficient (Wildman–Crippen LogP) is 8.95. The van der Waals surface area contributed by atoms with Gasteiger partial charge in [0.15, 0.2) is 0 Å². The Balaban J connectivity index is 1.85. The molecule has 0 unspecified atom stereocenters. The van der Waals surface area contributed by atoms with Gasteiger partial charge in [-0.2, -0.15) is 0 Å². The van der Waals surface area contributed by atoms with E-state index in [1.807, 2.05) is 0 Å². The Morgan fingerprint density at radius 3 is 2.13 bits per heavy atom. The monoisotopic (exact) mass is 414 g/mol. The molecular formula is C28H46O2. The minimum atomic E-state index is -0.694. The van der Waals surface area contributed by atoms with Gasteiger partial charge in [-0.25, -0.2) is 0 Å². The molecule has 1 N–H and O–H groups in total. The van der Waals surface area contributed by atoms with E-state index in [4.69, 9.17) is 5.11 Å². The van der Waals surface area contributed by atoms with Crippen LogP contribution in [0.5, 0.6) is 0 Å². The lowest BCUT2D eigenvalue weighted by Crippen LogP contribution is -1.92. The van der Waals surface area contributed by atoms with E-state index < -0.39 is 5.97 Å². The summed E-state index contributed by atoms with van der Waals surface area (Å²) in [5, 5.41) is 8.59. The number of aliphatic carboxylic acids is 1. The van der Waals surface area contributed by atoms with Gasteiger partial charge in [0, 0.05) is 6.42 Å². The first-order chi connectivity index (χ1) is 14.7. The Kier molecular flexibility index (Phi) is 17.1. The van der Waals surface area contributed by atoms with E-state index in [-0.39, 0.29) is 6.42 Å². The van der Waals surface area contributed by atoms with Crippen molar-refractivity contribution in [2.24, 2.45) is 5.92 Å². The molecule has 0 amide bonds. The molecule has 0 aromatic carbocycles. The number of hydrogen-bond donors (Lipinski definition) is 1. The van der Waals surface area contributed by atoms with Crippen LogP contribution in [-0.2, 0) is 4.79 Å². The number of carboxylic acids is 1. The molecule has 0 radical (unpaired) electrons. The van der Waals surface area contributed by atoms with Crippen LogP contribution in [0.25, 0.3) is 0 Å². The SMILES string of the molecule is CCCCCC/C=C\C=C/CCCCCC[C@@H]1C/C1=C\CC/C=C/CCCC(=O)O. The van der Waals surface area contributed by atoms with Crippen molar-refractivity contribution in [3.8, 4) is 0 Å². The maximum Gasteiger partial charge on any atom is 0.303 e. The molecule has 0 spiro atoms. The summed E-state index contributed by atoms with van der Waals surface area (Å²) in [6, 6.07) is 0. The molecule has 1 atom stereocenters. The van der Waals surface area contributed by atoms with Crippen LogP contribution >= 0.6 is 0 Å². The summed E-state index contributed by atoms with van der Waals surface area (Å²) in [7, 11) is 0. The van der Waals surface area contributed by atoms with Gasteiger partial charge >= 0.3 is 5.97 Å². The quantitative estimate of drug-likeness (QED) is 0.123. The lowest BCUT2D eigenvalue weighted by Gasteiger charge is -1.98. The van der Waals surface area contributed by atoms with Crippen LogP contribution < -0.4 is 0 Å². The molecule has 1 rings (SSSR count). The molecule has 0 saturated heterocycles. The molecule has 0 aliphatic heterocycles. The highest BCUT2D eigenvalue weighted by atomic mass is 16.4. The van der Waals surface area contributed by atoms with Crippen molar-refractivity contribution in [2.45, 2.75) is 116 Å². The molecule has 1 saturated carbocycles. The zero-order valence-corrected chi connectivity index (χ0v) is 19.5. The van der Waals surface area contributed by atoms with Gasteiger partial charge in [-0.3, -0.25) is 4.79 Å². The van der Waals surface area contributed by atoms with Gasteiger partial charge < -0.3 is 5.11 Å². The van der Waals surface area contributed by atoms with Crippen LogP contribution in [0.2, 0.25) is 0 Å². The van der Waals surface area contributed by atoms with Crippen LogP contribution in [0.3, 0.4) is 0 Å². The molecule has 170 valence electrons. The fourth-order valence-corrected chi connectivity index (χ4v) is 3.78. The van der Waals surface area contributed by atoms with Crippen molar-refractivity contribution in [2.75, 3.05) is 0 Å². The normalized spacial score (nSPS) is 17.8. The highest BCUT2D eigenvalue weighted by Crippen LogP contribution is 2.42. The second kappa shape index (κ2) is 19.4. The van der Waals surface area contributed by atoms with Gasteiger partial charge in [-0.15, -0.1) is 0 Å². The molecule has 2 heteroatoms. The minimum Gasteiger partial charge on any atom is -0.481 e. The first kappa shape index (κ1) is 26.5. The van der Waals surface area contributed by atoms with E-state index in [1.165, 1.54) is 77.0 Å². The van der Waals surface area contributed by atoms with Crippen molar-refractivity contribution in [1.82, 2.24) is 0 Å². The second-order valence-corrected chi connectivity index (χ2v) is 8.71. The number of carboxylic acid groups (broad SMARTS) is 1. The van der Waals surface area contributed by atoms with Crippen molar-refractivity contribution in [3.63, 3.8) is 0 Å². The summed E-state index contributed by atoms with van der Waals surface area (Å²) in [5.41, 5.74) is 1.68. The summed E-state index contributed by atoms with van der Waals surface area (Å²) in [6.45, 7) is 2.26. The lowest BCUT2D eigenvalue weighted by molar-refractivity contribution is -0.137. The number of carbonyl (C=O) groups is 1. The average Bonchev–Trinajstić information content (AvgIpc) is 3.48. The van der Waals surface area contributed by atoms with E-state index in [2.05, 4.69) is 49.5 Å². The van der Waals surface area contributed by atoms with Gasteiger partial charge in [-0.1, -0.05) is 93.6 Å². The number of allylic oxidation sites excluding steroid dienone is 8. The van der Waals surface area contributed by atoms with E-state index in [9.17, 15) is 4.79 Å². The van der Waals surface area contributed by atoms with Crippen molar-refractivity contribution in [1.29, 1.82) is 0 Å². The molecule has 1 fully saturated rings. The van der Waals surface area contributed by atoms with Gasteiger partial charge in [-0.05, 0) is 70.1 Å². The van der Waals surface area contributed by atoms with Crippen LogP contribution in [0, 0.1) is 5.92 Å². The topological polar surface area (TPSA) is 37.3 Å². The Labute approximate surface area is 186 Å². The Bertz CT molecular complexity index is 539. The van der Waals surface area contributed by atoms with E-state index >= 15 is 0 Å². The van der Waals surface area contributed by atoms with E-state index in [0.717, 1.165) is 31.6 Å². The Morgan fingerprint density at radius 2 is 1.43 bits per heavy atom. The fraction of sp³-hybridized carbons (Fsp3) is 0.679. The van der Waals surface area contributed by atoms with Crippen LogP contribution in [0.1, 0.15) is 116 Å². The molecule has 0 bridgehead atoms. The first-order valence-electron chi connectivity index (χ1n) is 12.6. The standard InChI is InChI=1S/C28H46O2/c1-2-3-4-5-6-7-8-9-10-11-12-13-16-19-22-26-25-27(26)23-20-17-14-15-18-21-24-28(29)30/h7-10,14-15,23,26H,2-6,11-13,16-22,24-25H2,1H3,(H,29,30)/b8-7-,10-9-,15-14+,27-23+/t26-/m1/s1. The maximum atomic E-state index is 10.4. The van der Waals surface area contributed by atoms with Gasteiger partial charge in [0.25, 0.3) is 0 Å². The van der Waals surface area contributed by atoms with Gasteiger partial charge in [0.2, 0.25) is 0 Å². The third-order valence-corrected chi connectivity index (χ3v) is 5.80. The molecule has 1 aliphatic rings. The van der Waals surface area contributed by atoms with E-state index in [0.29, 0.717) is 0 Å². The molecule has 0 aromatic heterocycles. The Morgan fingerprint density at radius 1 is 0.800 bits per heavy atom. The van der Waals surface area contributed by atoms with Crippen molar-refractivity contribution >= 4 is 5.97 Å². The summed E-state index contributed by atoms with van der Waals surface area (Å²) in [4.78, 5) is 10.4. The smallest absolute Gasteiger partial charge is 0.303 e. The number of unbranched alkanes of at least 4 members (excludes halogenated alkanes) is 10. The van der Waals surface area contributed by atoms with Crippen LogP contribution in [0.4, 0.5) is 0 Å². The maximum absolute atomic E-state index is 10.4. The molecule has 1 aliphatic carbocycles. The highest BCUT2D eigenvalue weighted by Gasteiger charge is 2.27. The summed E-state index contributed by atoms with van der Waals surface area (Å²) in [5.74, 6) is 0.188. The van der Waals surface area contributed by atoms with Crippen molar-refractivity contribution < 1.29 is 9.90 Å². The summed E-state index contributed by atoms with van der Waals surface area (Å²) >= 11 is 0. The molecule has 2 nitrogen and oxygen atoms in total. The molecule has 0 heterocycles. The zero-order valence-electron chi connectivity index (χ0n) is 19.5. The molecular weight excluding hydrogens is 368 g/mol. The summed E-state index contributed by atoms with van der Waals surface area (Å²) < 4.78 is 0. The molecule has 0 aromatic rings. The van der Waals surface area contributed by atoms with Crippen LogP contribution in [0.15, 0.2) is 48.1 Å². The third-order valence-electron chi connectivity index (χ3n) is 5.80. The first-order valence-corrected chi connectivity index (χ1v) is 12.6. The number of rotatable bonds is 20. The minimum absolute atomic E-state index is 0.281. The second-order valence-electron chi connectivity index (χ2n) is 8.71. The average molecular weight is 415 g/mol. The van der Waals surface area contributed by atoms with Gasteiger partial charge in [0.1, 0.15) is 0 Å². The highest BCUT2D eigenvalue weighted by molar-refractivity contribution is 5.66. The largest absolute Gasteiger partial charge is 0.481 e. The zero-order chi connectivity index (χ0) is 21.7. The lowest BCUT2D eigenvalue weighted by atomic mass is 10.1. The predicted molar refractivity (Wildman–Crippen MR) is 131 cm³/mol. The van der Waals surface area contributed by atoms with Crippen LogP contribution in [-0.4, -0.2) is 11.1 Å². The third kappa shape index (κ3) is 17.3. The molecule has 30 heavy (non-hydrogen) atoms. The van der Waals surface area contributed by atoms with Crippen molar-refractivity contribution in [3.05, 3.63) is 48.1 Å². The fourth-order valence-electron chi connectivity index (χ4n) is 3.78. The van der Waals surface area contributed by atoms with E-state index in [1.54, 1.807) is 5.57 Å². The van der Waals surface area contributed by atoms with Gasteiger partial charge in [0.05, 0.1) is 0 Å². The number of hydrogen-bond acceptors (Lipinski definition) is 1. The summed E-state index contributed by atoms with van der Waals surface area (Å²) in [6.07, 6.45) is 36.0.